The number of hydrogen-bond donors (Lipinski definition) is 2. The predicted molar refractivity (Wildman–Crippen MR) is 79.8 cm³/mol. The van der Waals surface area contributed by atoms with Gasteiger partial charge in [0.15, 0.2) is 0 Å². The first-order chi connectivity index (χ1) is 9.40. The van der Waals surface area contributed by atoms with Crippen molar-refractivity contribution in [3.63, 3.8) is 0 Å². The lowest BCUT2D eigenvalue weighted by atomic mass is 10.1. The van der Waals surface area contributed by atoms with Gasteiger partial charge in [0.1, 0.15) is 10.9 Å². The summed E-state index contributed by atoms with van der Waals surface area (Å²) >= 11 is 11.5. The van der Waals surface area contributed by atoms with Crippen LogP contribution in [0.15, 0.2) is 24.4 Å². The van der Waals surface area contributed by atoms with Crippen LogP contribution in [0.2, 0.25) is 10.2 Å². The van der Waals surface area contributed by atoms with E-state index in [2.05, 4.69) is 10.3 Å². The maximum Gasteiger partial charge on any atom is 0.257 e. The minimum Gasteiger partial charge on any atom is -0.507 e. The quantitative estimate of drug-likeness (QED) is 0.825. The molecule has 4 nitrogen and oxygen atoms in total. The van der Waals surface area contributed by atoms with E-state index in [1.54, 1.807) is 26.0 Å². The molecule has 6 heteroatoms. The average molecular weight is 311 g/mol. The Morgan fingerprint density at radius 3 is 2.65 bits per heavy atom. The number of nitrogens with one attached hydrogen (secondary N) is 1. The van der Waals surface area contributed by atoms with Gasteiger partial charge in [0.25, 0.3) is 5.91 Å². The van der Waals surface area contributed by atoms with Crippen LogP contribution >= 0.6 is 23.2 Å². The molecule has 0 fully saturated rings. The van der Waals surface area contributed by atoms with Crippen molar-refractivity contribution >= 4 is 34.8 Å². The van der Waals surface area contributed by atoms with Crippen LogP contribution in [-0.2, 0) is 0 Å². The summed E-state index contributed by atoms with van der Waals surface area (Å²) in [6.45, 7) is 3.52. The summed E-state index contributed by atoms with van der Waals surface area (Å²) in [5.74, 6) is -0.211. The van der Waals surface area contributed by atoms with Crippen LogP contribution in [0.4, 0.5) is 5.69 Å². The van der Waals surface area contributed by atoms with Crippen molar-refractivity contribution in [2.24, 2.45) is 0 Å². The maximum absolute atomic E-state index is 12.1. The predicted octanol–water partition coefficient (Wildman–Crippen LogP) is 3.96. The van der Waals surface area contributed by atoms with Crippen LogP contribution in [0.3, 0.4) is 0 Å². The van der Waals surface area contributed by atoms with Crippen LogP contribution in [0, 0.1) is 13.8 Å². The highest BCUT2D eigenvalue weighted by Gasteiger charge is 2.12. The molecular weight excluding hydrogens is 299 g/mol. The minimum atomic E-state index is -0.373. The van der Waals surface area contributed by atoms with Crippen molar-refractivity contribution in [3.8, 4) is 5.75 Å². The zero-order chi connectivity index (χ0) is 14.9. The fraction of sp³-hybridized carbons (Fsp3) is 0.143. The van der Waals surface area contributed by atoms with Crippen molar-refractivity contribution < 1.29 is 9.90 Å². The van der Waals surface area contributed by atoms with Gasteiger partial charge in [-0.25, -0.2) is 4.98 Å². The number of nitrogens with zero attached hydrogens (tertiary/aromatic N) is 1. The molecule has 0 spiro atoms. The molecule has 1 amide bonds. The summed E-state index contributed by atoms with van der Waals surface area (Å²) in [6.07, 6.45) is 1.34. The molecule has 2 aromatic rings. The number of carbonyl (C=O) groups is 1. The zero-order valence-electron chi connectivity index (χ0n) is 10.9. The van der Waals surface area contributed by atoms with Gasteiger partial charge in [-0.05, 0) is 31.5 Å². The number of halogens is 2. The van der Waals surface area contributed by atoms with Crippen LogP contribution < -0.4 is 5.32 Å². The van der Waals surface area contributed by atoms with Gasteiger partial charge in [0, 0.05) is 17.4 Å². The van der Waals surface area contributed by atoms with Gasteiger partial charge in [-0.1, -0.05) is 29.3 Å². The largest absolute Gasteiger partial charge is 0.507 e. The molecule has 0 aliphatic rings. The number of rotatable bonds is 2. The van der Waals surface area contributed by atoms with Gasteiger partial charge >= 0.3 is 0 Å². The van der Waals surface area contributed by atoms with E-state index < -0.39 is 0 Å². The Balaban J connectivity index is 2.28. The smallest absolute Gasteiger partial charge is 0.257 e. The van der Waals surface area contributed by atoms with E-state index in [4.69, 9.17) is 23.2 Å². The summed E-state index contributed by atoms with van der Waals surface area (Å²) in [4.78, 5) is 15.9. The first-order valence-electron chi connectivity index (χ1n) is 5.81. The third-order valence-electron chi connectivity index (χ3n) is 2.94. The minimum absolute atomic E-state index is 0.146. The molecule has 0 aliphatic heterocycles. The fourth-order valence-corrected chi connectivity index (χ4v) is 1.98. The van der Waals surface area contributed by atoms with E-state index in [0.717, 1.165) is 5.56 Å². The monoisotopic (exact) mass is 310 g/mol. The Labute approximate surface area is 126 Å². The second kappa shape index (κ2) is 5.69. The topological polar surface area (TPSA) is 62.2 Å². The molecular formula is C14H12Cl2N2O2. The van der Waals surface area contributed by atoms with E-state index in [1.807, 2.05) is 0 Å². The lowest BCUT2D eigenvalue weighted by Crippen LogP contribution is -2.13. The van der Waals surface area contributed by atoms with Gasteiger partial charge in [-0.3, -0.25) is 4.79 Å². The first kappa shape index (κ1) is 14.6. The molecule has 1 aromatic carbocycles. The molecule has 1 aromatic heterocycles. The highest BCUT2D eigenvalue weighted by atomic mass is 35.5. The Morgan fingerprint density at radius 2 is 2.00 bits per heavy atom. The third-order valence-corrected chi connectivity index (χ3v) is 3.63. The van der Waals surface area contributed by atoms with Crippen molar-refractivity contribution in [1.82, 2.24) is 4.98 Å². The summed E-state index contributed by atoms with van der Waals surface area (Å²) in [5, 5.41) is 12.9. The molecule has 20 heavy (non-hydrogen) atoms. The van der Waals surface area contributed by atoms with Crippen LogP contribution in [0.5, 0.6) is 5.75 Å². The highest BCUT2D eigenvalue weighted by Crippen LogP contribution is 2.28. The van der Waals surface area contributed by atoms with Crippen LogP contribution in [-0.4, -0.2) is 16.0 Å². The van der Waals surface area contributed by atoms with Crippen LogP contribution in [0.25, 0.3) is 0 Å². The average Bonchev–Trinajstić information content (AvgIpc) is 2.42. The van der Waals surface area contributed by atoms with E-state index in [0.29, 0.717) is 16.8 Å². The normalized spacial score (nSPS) is 10.4. The second-order valence-corrected chi connectivity index (χ2v) is 5.12. The zero-order valence-corrected chi connectivity index (χ0v) is 12.4. The number of aromatic nitrogens is 1. The van der Waals surface area contributed by atoms with E-state index in [-0.39, 0.29) is 21.8 Å². The molecule has 104 valence electrons. The highest BCUT2D eigenvalue weighted by molar-refractivity contribution is 6.41. The SMILES string of the molecule is Cc1ccc(NC(=O)c2cnc(Cl)c(Cl)c2)c(C)c1O. The molecule has 2 N–H and O–H groups in total. The number of amides is 1. The first-order valence-corrected chi connectivity index (χ1v) is 6.57. The maximum atomic E-state index is 12.1. The van der Waals surface area contributed by atoms with Crippen molar-refractivity contribution in [2.75, 3.05) is 5.32 Å². The van der Waals surface area contributed by atoms with Crippen molar-refractivity contribution in [1.29, 1.82) is 0 Å². The molecule has 0 atom stereocenters. The van der Waals surface area contributed by atoms with Crippen molar-refractivity contribution in [3.05, 3.63) is 51.3 Å². The van der Waals surface area contributed by atoms with Crippen molar-refractivity contribution in [2.45, 2.75) is 13.8 Å². The molecule has 0 aliphatic carbocycles. The number of carbonyl (C=O) groups excluding carboxylic acids is 1. The Hall–Kier alpha value is -1.78. The molecule has 0 bridgehead atoms. The molecule has 1 heterocycles. The summed E-state index contributed by atoms with van der Waals surface area (Å²) in [7, 11) is 0. The fourth-order valence-electron chi connectivity index (χ4n) is 1.71. The number of hydrogen-bond acceptors (Lipinski definition) is 3. The molecule has 0 radical (unpaired) electrons. The molecule has 2 rings (SSSR count). The summed E-state index contributed by atoms with van der Waals surface area (Å²) in [6, 6.07) is 4.90. The number of phenolic OH excluding ortho intramolecular Hbond substituents is 1. The Morgan fingerprint density at radius 1 is 1.30 bits per heavy atom. The van der Waals surface area contributed by atoms with E-state index in [1.165, 1.54) is 12.3 Å². The lowest BCUT2D eigenvalue weighted by Gasteiger charge is -2.11. The second-order valence-electron chi connectivity index (χ2n) is 4.35. The number of benzene rings is 1. The number of phenols is 1. The van der Waals surface area contributed by atoms with Gasteiger partial charge in [0.05, 0.1) is 10.6 Å². The number of anilines is 1. The van der Waals surface area contributed by atoms with E-state index >= 15 is 0 Å². The Kier molecular flexibility index (Phi) is 4.16. The molecule has 0 unspecified atom stereocenters. The van der Waals surface area contributed by atoms with Gasteiger partial charge in [0.2, 0.25) is 0 Å². The Bertz CT molecular complexity index is 687. The summed E-state index contributed by atoms with van der Waals surface area (Å²) < 4.78 is 0. The molecule has 0 saturated carbocycles. The number of aromatic hydroxyl groups is 1. The van der Waals surface area contributed by atoms with Gasteiger partial charge in [-0.15, -0.1) is 0 Å². The standard InChI is InChI=1S/C14H12Cl2N2O2/c1-7-3-4-11(8(2)12(7)19)18-14(20)9-5-10(15)13(16)17-6-9/h3-6,19H,1-2H3,(H,18,20). The molecule has 0 saturated heterocycles. The number of aryl methyl sites for hydroxylation is 1. The summed E-state index contributed by atoms with van der Waals surface area (Å²) in [5.41, 5.74) is 2.17. The van der Waals surface area contributed by atoms with Crippen LogP contribution in [0.1, 0.15) is 21.5 Å². The lowest BCUT2D eigenvalue weighted by molar-refractivity contribution is 0.102. The number of pyridine rings is 1. The third kappa shape index (κ3) is 2.86. The van der Waals surface area contributed by atoms with Gasteiger partial charge < -0.3 is 10.4 Å². The van der Waals surface area contributed by atoms with E-state index in [9.17, 15) is 9.90 Å². The van der Waals surface area contributed by atoms with Gasteiger partial charge in [-0.2, -0.15) is 0 Å².